The van der Waals surface area contributed by atoms with Crippen LogP contribution in [0.15, 0.2) is 30.6 Å². The lowest BCUT2D eigenvalue weighted by atomic mass is 9.98. The van der Waals surface area contributed by atoms with Gasteiger partial charge in [0, 0.05) is 25.5 Å². The molecule has 2 aromatic rings. The first-order valence-corrected chi connectivity index (χ1v) is 6.73. The van der Waals surface area contributed by atoms with E-state index in [0.717, 1.165) is 24.1 Å². The van der Waals surface area contributed by atoms with Crippen LogP contribution >= 0.6 is 0 Å². The minimum absolute atomic E-state index is 0.105. The van der Waals surface area contributed by atoms with Crippen molar-refractivity contribution in [1.82, 2.24) is 9.78 Å². The summed E-state index contributed by atoms with van der Waals surface area (Å²) in [4.78, 5) is 25.3. The highest BCUT2D eigenvalue weighted by atomic mass is 16.4. The smallest absolute Gasteiger partial charge is 0.335 e. The summed E-state index contributed by atoms with van der Waals surface area (Å²) >= 11 is 0. The van der Waals surface area contributed by atoms with Crippen LogP contribution in [-0.4, -0.2) is 33.3 Å². The fourth-order valence-corrected chi connectivity index (χ4v) is 2.63. The van der Waals surface area contributed by atoms with Crippen LogP contribution < -0.4 is 4.90 Å². The molecule has 1 aliphatic rings. The molecular formula is C15H15N3O3. The van der Waals surface area contributed by atoms with Gasteiger partial charge in [0.05, 0.1) is 17.3 Å². The Morgan fingerprint density at radius 3 is 2.76 bits per heavy atom. The third kappa shape index (κ3) is 2.40. The number of aromatic nitrogens is 2. The van der Waals surface area contributed by atoms with E-state index in [4.69, 9.17) is 5.11 Å². The predicted octanol–water partition coefficient (Wildman–Crippen LogP) is 1.71. The number of hydrogen-bond donors (Lipinski definition) is 1. The Morgan fingerprint density at radius 2 is 2.10 bits per heavy atom. The van der Waals surface area contributed by atoms with Crippen LogP contribution in [0.1, 0.15) is 32.7 Å². The van der Waals surface area contributed by atoms with Crippen molar-refractivity contribution in [3.63, 3.8) is 0 Å². The van der Waals surface area contributed by atoms with E-state index in [1.54, 1.807) is 41.2 Å². The first kappa shape index (κ1) is 13.4. The maximum Gasteiger partial charge on any atom is 0.335 e. The van der Waals surface area contributed by atoms with Crippen LogP contribution in [-0.2, 0) is 13.5 Å². The van der Waals surface area contributed by atoms with E-state index < -0.39 is 5.97 Å². The number of carboxylic acids is 1. The number of aryl methyl sites for hydroxylation is 2. The minimum Gasteiger partial charge on any atom is -0.478 e. The van der Waals surface area contributed by atoms with E-state index in [0.29, 0.717) is 12.1 Å². The van der Waals surface area contributed by atoms with Crippen LogP contribution in [0, 0.1) is 0 Å². The second-order valence-corrected chi connectivity index (χ2v) is 5.11. The van der Waals surface area contributed by atoms with Gasteiger partial charge in [-0.2, -0.15) is 5.10 Å². The van der Waals surface area contributed by atoms with Crippen LogP contribution in [0.4, 0.5) is 5.69 Å². The van der Waals surface area contributed by atoms with Crippen molar-refractivity contribution >= 4 is 17.6 Å². The molecule has 21 heavy (non-hydrogen) atoms. The number of aromatic carboxylic acids is 1. The van der Waals surface area contributed by atoms with Gasteiger partial charge >= 0.3 is 5.97 Å². The maximum absolute atomic E-state index is 12.6. The number of carboxylic acid groups (broad SMARTS) is 1. The molecule has 0 saturated heterocycles. The molecule has 3 rings (SSSR count). The zero-order chi connectivity index (χ0) is 15.0. The Bertz CT molecular complexity index is 721. The molecule has 0 saturated carbocycles. The van der Waals surface area contributed by atoms with Gasteiger partial charge in [-0.3, -0.25) is 9.48 Å². The van der Waals surface area contributed by atoms with E-state index in [1.807, 2.05) is 0 Å². The Balaban J connectivity index is 1.97. The summed E-state index contributed by atoms with van der Waals surface area (Å²) in [5.74, 6) is -1.05. The minimum atomic E-state index is -0.950. The molecule has 0 radical (unpaired) electrons. The van der Waals surface area contributed by atoms with Crippen molar-refractivity contribution in [2.45, 2.75) is 12.8 Å². The van der Waals surface area contributed by atoms with Gasteiger partial charge in [-0.05, 0) is 36.6 Å². The molecular weight excluding hydrogens is 270 g/mol. The number of carbonyl (C=O) groups excluding carboxylic acids is 1. The monoisotopic (exact) mass is 285 g/mol. The molecule has 1 aromatic heterocycles. The van der Waals surface area contributed by atoms with Crippen molar-refractivity contribution in [2.24, 2.45) is 7.05 Å². The van der Waals surface area contributed by atoms with Gasteiger partial charge in [0.15, 0.2) is 0 Å². The summed E-state index contributed by atoms with van der Waals surface area (Å²) in [5, 5.41) is 13.1. The van der Waals surface area contributed by atoms with Gasteiger partial charge < -0.3 is 10.0 Å². The molecule has 0 aliphatic carbocycles. The highest BCUT2D eigenvalue weighted by Gasteiger charge is 2.25. The lowest BCUT2D eigenvalue weighted by Gasteiger charge is -2.29. The van der Waals surface area contributed by atoms with Gasteiger partial charge in [-0.25, -0.2) is 4.79 Å². The molecule has 1 aliphatic heterocycles. The van der Waals surface area contributed by atoms with E-state index in [9.17, 15) is 9.59 Å². The quantitative estimate of drug-likeness (QED) is 0.911. The Hall–Kier alpha value is -2.63. The summed E-state index contributed by atoms with van der Waals surface area (Å²) < 4.78 is 1.59. The summed E-state index contributed by atoms with van der Waals surface area (Å²) in [7, 11) is 1.76. The Kier molecular flexibility index (Phi) is 3.21. The second kappa shape index (κ2) is 5.05. The number of nitrogens with zero attached hydrogens (tertiary/aromatic N) is 3. The second-order valence-electron chi connectivity index (χ2n) is 5.11. The lowest BCUT2D eigenvalue weighted by Crippen LogP contribution is -2.35. The van der Waals surface area contributed by atoms with E-state index in [1.165, 1.54) is 6.07 Å². The van der Waals surface area contributed by atoms with E-state index in [-0.39, 0.29) is 11.5 Å². The van der Waals surface area contributed by atoms with Crippen LogP contribution in [0.5, 0.6) is 0 Å². The third-order valence-corrected chi connectivity index (χ3v) is 3.64. The fraction of sp³-hybridized carbons (Fsp3) is 0.267. The topological polar surface area (TPSA) is 75.4 Å². The lowest BCUT2D eigenvalue weighted by molar-refractivity contribution is 0.0696. The summed E-state index contributed by atoms with van der Waals surface area (Å²) in [6, 6.07) is 4.91. The van der Waals surface area contributed by atoms with Crippen molar-refractivity contribution in [2.75, 3.05) is 11.4 Å². The van der Waals surface area contributed by atoms with Crippen LogP contribution in [0.3, 0.4) is 0 Å². The Labute approximate surface area is 121 Å². The zero-order valence-electron chi connectivity index (χ0n) is 11.6. The van der Waals surface area contributed by atoms with Crippen molar-refractivity contribution < 1.29 is 14.7 Å². The van der Waals surface area contributed by atoms with Gasteiger partial charge in [0.25, 0.3) is 5.91 Å². The summed E-state index contributed by atoms with van der Waals surface area (Å²) in [6.45, 7) is 0.632. The SMILES string of the molecule is Cn1cc(C(=O)N2CCCc3cc(C(=O)O)ccc32)cn1. The average molecular weight is 285 g/mol. The third-order valence-electron chi connectivity index (χ3n) is 3.64. The predicted molar refractivity (Wildman–Crippen MR) is 76.6 cm³/mol. The van der Waals surface area contributed by atoms with Crippen LogP contribution in [0.2, 0.25) is 0 Å². The Morgan fingerprint density at radius 1 is 1.29 bits per heavy atom. The molecule has 108 valence electrons. The number of rotatable bonds is 2. The van der Waals surface area contributed by atoms with E-state index in [2.05, 4.69) is 5.10 Å². The molecule has 0 bridgehead atoms. The zero-order valence-corrected chi connectivity index (χ0v) is 11.6. The number of amides is 1. The molecule has 0 atom stereocenters. The maximum atomic E-state index is 12.6. The molecule has 6 heteroatoms. The van der Waals surface area contributed by atoms with Crippen molar-refractivity contribution in [3.05, 3.63) is 47.3 Å². The molecule has 0 spiro atoms. The highest BCUT2D eigenvalue weighted by molar-refractivity contribution is 6.06. The van der Waals surface area contributed by atoms with Crippen LogP contribution in [0.25, 0.3) is 0 Å². The number of anilines is 1. The molecule has 2 heterocycles. The first-order valence-electron chi connectivity index (χ1n) is 6.73. The number of benzene rings is 1. The van der Waals surface area contributed by atoms with Gasteiger partial charge in [0.1, 0.15) is 0 Å². The van der Waals surface area contributed by atoms with E-state index >= 15 is 0 Å². The molecule has 1 aromatic carbocycles. The first-order chi connectivity index (χ1) is 10.1. The molecule has 6 nitrogen and oxygen atoms in total. The summed E-state index contributed by atoms with van der Waals surface area (Å²) in [6.07, 6.45) is 4.83. The number of carbonyl (C=O) groups is 2. The van der Waals surface area contributed by atoms with Crippen molar-refractivity contribution in [3.8, 4) is 0 Å². The average Bonchev–Trinajstić information content (AvgIpc) is 2.91. The summed E-state index contributed by atoms with van der Waals surface area (Å²) in [5.41, 5.74) is 2.48. The molecule has 0 unspecified atom stereocenters. The molecule has 1 amide bonds. The highest BCUT2D eigenvalue weighted by Crippen LogP contribution is 2.29. The van der Waals surface area contributed by atoms with Crippen molar-refractivity contribution in [1.29, 1.82) is 0 Å². The van der Waals surface area contributed by atoms with Gasteiger partial charge in [-0.15, -0.1) is 0 Å². The standard InChI is InChI=1S/C15H15N3O3/c1-17-9-12(8-16-17)14(19)18-6-2-3-10-7-11(15(20)21)4-5-13(10)18/h4-5,7-9H,2-3,6H2,1H3,(H,20,21). The number of fused-ring (bicyclic) bond motifs is 1. The van der Waals surface area contributed by atoms with Gasteiger partial charge in [0.2, 0.25) is 0 Å². The fourth-order valence-electron chi connectivity index (χ4n) is 2.63. The largest absolute Gasteiger partial charge is 0.478 e. The number of hydrogen-bond acceptors (Lipinski definition) is 3. The molecule has 0 fully saturated rings. The van der Waals surface area contributed by atoms with Gasteiger partial charge in [-0.1, -0.05) is 0 Å². The molecule has 1 N–H and O–H groups in total. The normalized spacial score (nSPS) is 13.9.